The molecule has 0 radical (unpaired) electrons. The predicted octanol–water partition coefficient (Wildman–Crippen LogP) is 2.25. The van der Waals surface area contributed by atoms with Crippen molar-refractivity contribution in [2.75, 3.05) is 26.2 Å². The normalized spacial score (nSPS) is 14.7. The van der Waals surface area contributed by atoms with E-state index < -0.39 is 0 Å². The lowest BCUT2D eigenvalue weighted by molar-refractivity contribution is 0.0728. The maximum Gasteiger partial charge on any atom is 0.263 e. The Labute approximate surface area is 170 Å². The molecule has 3 rings (SSSR count). The minimum Gasteiger partial charge on any atom is -0.396 e. The second-order valence-corrected chi connectivity index (χ2v) is 7.50. The van der Waals surface area contributed by atoms with Crippen molar-refractivity contribution >= 4 is 5.91 Å². The number of hydrogen-bond donors (Lipinski definition) is 2. The number of carbonyl (C=O) groups excluding carboxylic acids is 1. The molecule has 1 aliphatic rings. The lowest BCUT2D eigenvalue weighted by Gasteiger charge is -2.27. The third kappa shape index (κ3) is 5.10. The Balaban J connectivity index is 1.91. The van der Waals surface area contributed by atoms with Crippen molar-refractivity contribution in [1.29, 1.82) is 0 Å². The van der Waals surface area contributed by atoms with E-state index in [4.69, 9.17) is 0 Å². The SMILES string of the molecule is Cc1ccn(C2CCNCC2)c(=O)c1C(=O)N(CCCO)Cc1ccc(F)cc1. The summed E-state index contributed by atoms with van der Waals surface area (Å²) in [5, 5.41) is 12.5. The summed E-state index contributed by atoms with van der Waals surface area (Å²) in [5.41, 5.74) is 1.31. The molecule has 6 nitrogen and oxygen atoms in total. The van der Waals surface area contributed by atoms with Crippen LogP contribution in [0.2, 0.25) is 0 Å². The minimum absolute atomic E-state index is 0.0553. The number of hydrogen-bond acceptors (Lipinski definition) is 4. The number of aryl methyl sites for hydroxylation is 1. The first-order chi connectivity index (χ1) is 14.0. The average molecular weight is 401 g/mol. The van der Waals surface area contributed by atoms with Crippen molar-refractivity contribution in [1.82, 2.24) is 14.8 Å². The lowest BCUT2D eigenvalue weighted by atomic mass is 10.0. The highest BCUT2D eigenvalue weighted by Crippen LogP contribution is 2.18. The first-order valence-corrected chi connectivity index (χ1v) is 10.1. The summed E-state index contributed by atoms with van der Waals surface area (Å²) < 4.78 is 14.9. The molecule has 0 unspecified atom stereocenters. The number of rotatable bonds is 7. The van der Waals surface area contributed by atoms with Crippen molar-refractivity contribution in [3.8, 4) is 0 Å². The molecule has 0 bridgehead atoms. The molecule has 7 heteroatoms. The van der Waals surface area contributed by atoms with E-state index in [2.05, 4.69) is 5.32 Å². The summed E-state index contributed by atoms with van der Waals surface area (Å²) in [6.45, 7) is 3.97. The molecular formula is C22H28FN3O3. The average Bonchev–Trinajstić information content (AvgIpc) is 2.73. The molecule has 1 aromatic carbocycles. The van der Waals surface area contributed by atoms with Gasteiger partial charge in [-0.05, 0) is 68.6 Å². The van der Waals surface area contributed by atoms with Gasteiger partial charge in [-0.15, -0.1) is 0 Å². The fourth-order valence-corrected chi connectivity index (χ4v) is 3.76. The molecule has 29 heavy (non-hydrogen) atoms. The van der Waals surface area contributed by atoms with Crippen LogP contribution in [0.25, 0.3) is 0 Å². The summed E-state index contributed by atoms with van der Waals surface area (Å²) in [4.78, 5) is 28.1. The molecule has 0 saturated carbocycles. The van der Waals surface area contributed by atoms with Gasteiger partial charge >= 0.3 is 0 Å². The van der Waals surface area contributed by atoms with Crippen LogP contribution in [0.1, 0.15) is 46.8 Å². The number of nitrogens with zero attached hydrogens (tertiary/aromatic N) is 2. The molecule has 0 spiro atoms. The molecule has 2 aromatic rings. The Hall–Kier alpha value is -2.51. The summed E-state index contributed by atoms with van der Waals surface area (Å²) in [5.74, 6) is -0.695. The van der Waals surface area contributed by atoms with E-state index in [1.165, 1.54) is 12.1 Å². The maximum atomic E-state index is 13.3. The van der Waals surface area contributed by atoms with Crippen LogP contribution in [0.15, 0.2) is 41.3 Å². The highest BCUT2D eigenvalue weighted by Gasteiger charge is 2.24. The van der Waals surface area contributed by atoms with Crippen LogP contribution in [-0.2, 0) is 6.54 Å². The quantitative estimate of drug-likeness (QED) is 0.746. The number of nitrogens with one attached hydrogen (secondary N) is 1. The smallest absolute Gasteiger partial charge is 0.263 e. The Morgan fingerprint density at radius 2 is 1.93 bits per heavy atom. The summed E-state index contributed by atoms with van der Waals surface area (Å²) >= 11 is 0. The van der Waals surface area contributed by atoms with Crippen LogP contribution in [0, 0.1) is 12.7 Å². The van der Waals surface area contributed by atoms with Gasteiger partial charge in [0.15, 0.2) is 0 Å². The highest BCUT2D eigenvalue weighted by atomic mass is 19.1. The molecular weight excluding hydrogens is 373 g/mol. The van der Waals surface area contributed by atoms with Crippen molar-refractivity contribution in [2.24, 2.45) is 0 Å². The Morgan fingerprint density at radius 1 is 1.24 bits per heavy atom. The van der Waals surface area contributed by atoms with Crippen LogP contribution < -0.4 is 10.9 Å². The third-order valence-corrected chi connectivity index (χ3v) is 5.40. The van der Waals surface area contributed by atoms with Gasteiger partial charge in [-0.1, -0.05) is 12.1 Å². The van der Waals surface area contributed by atoms with Crippen molar-refractivity contribution < 1.29 is 14.3 Å². The number of amides is 1. The fraction of sp³-hybridized carbons (Fsp3) is 0.455. The molecule has 2 N–H and O–H groups in total. The van der Waals surface area contributed by atoms with Crippen molar-refractivity contribution in [3.63, 3.8) is 0 Å². The largest absolute Gasteiger partial charge is 0.396 e. The number of aliphatic hydroxyl groups is 1. The molecule has 156 valence electrons. The van der Waals surface area contributed by atoms with E-state index in [0.29, 0.717) is 18.5 Å². The monoisotopic (exact) mass is 401 g/mol. The number of aliphatic hydroxyl groups excluding tert-OH is 1. The molecule has 1 saturated heterocycles. The van der Waals surface area contributed by atoms with E-state index in [9.17, 15) is 19.1 Å². The first-order valence-electron chi connectivity index (χ1n) is 10.1. The summed E-state index contributed by atoms with van der Waals surface area (Å²) in [6.07, 6.45) is 3.88. The second-order valence-electron chi connectivity index (χ2n) is 7.50. The standard InChI is InChI=1S/C22H28FN3O3/c1-16-9-13-26(19-7-10-24-11-8-19)22(29)20(16)21(28)25(12-2-14-27)15-17-3-5-18(23)6-4-17/h3-6,9,13,19,24,27H,2,7-8,10-12,14-15H2,1H3. The van der Waals surface area contributed by atoms with E-state index in [1.807, 2.05) is 6.07 Å². The number of pyridine rings is 1. The Bertz CT molecular complexity index is 889. The van der Waals surface area contributed by atoms with Crippen LogP contribution in [0.4, 0.5) is 4.39 Å². The topological polar surface area (TPSA) is 74.6 Å². The van der Waals surface area contributed by atoms with E-state index in [1.54, 1.807) is 34.7 Å². The second kappa shape index (κ2) is 9.80. The van der Waals surface area contributed by atoms with E-state index in [-0.39, 0.29) is 42.0 Å². The van der Waals surface area contributed by atoms with E-state index >= 15 is 0 Å². The van der Waals surface area contributed by atoms with Gasteiger partial charge in [0, 0.05) is 31.9 Å². The van der Waals surface area contributed by atoms with E-state index in [0.717, 1.165) is 31.5 Å². The van der Waals surface area contributed by atoms with Gasteiger partial charge in [-0.3, -0.25) is 9.59 Å². The van der Waals surface area contributed by atoms with Gasteiger partial charge in [-0.25, -0.2) is 4.39 Å². The molecule has 0 atom stereocenters. The zero-order valence-electron chi connectivity index (χ0n) is 16.7. The molecule has 2 heterocycles. The molecule has 0 aliphatic carbocycles. The molecule has 1 aromatic heterocycles. The van der Waals surface area contributed by atoms with Gasteiger partial charge < -0.3 is 19.9 Å². The number of carbonyl (C=O) groups is 1. The van der Waals surface area contributed by atoms with Gasteiger partial charge in [-0.2, -0.15) is 0 Å². The Morgan fingerprint density at radius 3 is 2.59 bits per heavy atom. The first kappa shape index (κ1) is 21.2. The van der Waals surface area contributed by atoms with Crippen molar-refractivity contribution in [3.05, 3.63) is 69.4 Å². The number of aromatic nitrogens is 1. The number of halogens is 1. The van der Waals surface area contributed by atoms with Crippen LogP contribution in [0.5, 0.6) is 0 Å². The van der Waals surface area contributed by atoms with Gasteiger partial charge in [0.2, 0.25) is 0 Å². The van der Waals surface area contributed by atoms with Gasteiger partial charge in [0.1, 0.15) is 11.4 Å². The van der Waals surface area contributed by atoms with Crippen LogP contribution in [0.3, 0.4) is 0 Å². The summed E-state index contributed by atoms with van der Waals surface area (Å²) in [7, 11) is 0. The van der Waals surface area contributed by atoms with Crippen LogP contribution in [-0.4, -0.2) is 46.7 Å². The van der Waals surface area contributed by atoms with Crippen molar-refractivity contribution in [2.45, 2.75) is 38.8 Å². The molecule has 1 amide bonds. The summed E-state index contributed by atoms with van der Waals surface area (Å²) in [6, 6.07) is 7.85. The van der Waals surface area contributed by atoms with Gasteiger partial charge in [0.05, 0.1) is 0 Å². The fourth-order valence-electron chi connectivity index (χ4n) is 3.76. The Kier molecular flexibility index (Phi) is 7.17. The lowest BCUT2D eigenvalue weighted by Crippen LogP contribution is -2.40. The molecule has 1 fully saturated rings. The highest BCUT2D eigenvalue weighted by molar-refractivity contribution is 5.95. The molecule has 1 aliphatic heterocycles. The minimum atomic E-state index is -0.353. The maximum absolute atomic E-state index is 13.3. The van der Waals surface area contributed by atoms with Crippen LogP contribution >= 0.6 is 0 Å². The predicted molar refractivity (Wildman–Crippen MR) is 109 cm³/mol. The third-order valence-electron chi connectivity index (χ3n) is 5.40. The zero-order valence-corrected chi connectivity index (χ0v) is 16.7. The zero-order chi connectivity index (χ0) is 20.8. The number of benzene rings is 1. The number of piperidine rings is 1. The van der Waals surface area contributed by atoms with Gasteiger partial charge in [0.25, 0.3) is 11.5 Å².